The number of amides is 3. The van der Waals surface area contributed by atoms with Crippen LogP contribution in [0.2, 0.25) is 0 Å². The van der Waals surface area contributed by atoms with Crippen molar-refractivity contribution < 1.29 is 14.4 Å². The largest absolute Gasteiger partial charge is 0.343 e. The van der Waals surface area contributed by atoms with E-state index in [1.165, 1.54) is 0 Å². The smallest absolute Gasteiger partial charge is 0.246 e. The van der Waals surface area contributed by atoms with E-state index in [0.29, 0.717) is 19.3 Å². The van der Waals surface area contributed by atoms with Gasteiger partial charge in [0.2, 0.25) is 17.7 Å². The molecule has 2 aromatic carbocycles. The number of nitrogens with one attached hydrogen (secondary N) is 2. The molecule has 2 aromatic rings. The number of nitrogens with zero attached hydrogens (tertiary/aromatic N) is 1. The molecule has 4 N–H and O–H groups in total. The molecule has 2 fully saturated rings. The van der Waals surface area contributed by atoms with Crippen molar-refractivity contribution in [3.05, 3.63) is 71.8 Å². The number of carbonyl (C=O) groups excluding carboxylic acids is 3. The Bertz CT molecular complexity index is 958. The van der Waals surface area contributed by atoms with E-state index in [9.17, 15) is 14.4 Å². The minimum atomic E-state index is -0.637. The van der Waals surface area contributed by atoms with Gasteiger partial charge in [-0.2, -0.15) is 0 Å². The Labute approximate surface area is 201 Å². The Morgan fingerprint density at radius 3 is 2.18 bits per heavy atom. The number of fused-ring (bicyclic) bond motifs is 1. The van der Waals surface area contributed by atoms with Crippen molar-refractivity contribution in [1.29, 1.82) is 0 Å². The van der Waals surface area contributed by atoms with E-state index in [1.807, 2.05) is 67.6 Å². The van der Waals surface area contributed by atoms with Crippen molar-refractivity contribution >= 4 is 17.7 Å². The van der Waals surface area contributed by atoms with Crippen molar-refractivity contribution in [2.24, 2.45) is 5.73 Å². The predicted molar refractivity (Wildman–Crippen MR) is 131 cm³/mol. The van der Waals surface area contributed by atoms with Crippen LogP contribution in [-0.4, -0.2) is 46.8 Å². The highest BCUT2D eigenvalue weighted by atomic mass is 16.2. The molecular weight excluding hydrogens is 428 g/mol. The summed E-state index contributed by atoms with van der Waals surface area (Å²) < 4.78 is 0. The molecule has 4 atom stereocenters. The first-order chi connectivity index (χ1) is 16.5. The lowest BCUT2D eigenvalue weighted by molar-refractivity contribution is -0.143. The van der Waals surface area contributed by atoms with E-state index in [-0.39, 0.29) is 29.8 Å². The average molecular weight is 463 g/mol. The van der Waals surface area contributed by atoms with E-state index in [0.717, 1.165) is 30.4 Å². The van der Waals surface area contributed by atoms with Crippen LogP contribution in [0, 0.1) is 0 Å². The quantitative estimate of drug-likeness (QED) is 0.588. The molecule has 3 amide bonds. The molecule has 4 rings (SSSR count). The van der Waals surface area contributed by atoms with Crippen molar-refractivity contribution in [1.82, 2.24) is 15.5 Å². The van der Waals surface area contributed by atoms with Gasteiger partial charge in [-0.05, 0) is 49.7 Å². The third-order valence-electron chi connectivity index (χ3n) is 7.03. The number of rotatable bonds is 7. The minimum absolute atomic E-state index is 0.0249. The van der Waals surface area contributed by atoms with E-state index in [4.69, 9.17) is 5.73 Å². The summed E-state index contributed by atoms with van der Waals surface area (Å²) in [6.07, 6.45) is 4.14. The van der Waals surface area contributed by atoms with E-state index in [1.54, 1.807) is 4.90 Å². The Kier molecular flexibility index (Phi) is 7.63. The number of hydrogen-bond donors (Lipinski definition) is 3. The number of benzene rings is 2. The second-order valence-corrected chi connectivity index (χ2v) is 9.26. The maximum absolute atomic E-state index is 13.6. The van der Waals surface area contributed by atoms with Gasteiger partial charge in [0.05, 0.1) is 12.1 Å². The highest BCUT2D eigenvalue weighted by Gasteiger charge is 2.45. The Hall–Kier alpha value is -3.19. The molecule has 0 bridgehead atoms. The summed E-state index contributed by atoms with van der Waals surface area (Å²) in [4.78, 5) is 41.2. The number of hydrogen-bond acceptors (Lipinski definition) is 4. The van der Waals surface area contributed by atoms with Gasteiger partial charge in [0.25, 0.3) is 0 Å². The fraction of sp³-hybridized carbons (Fsp3) is 0.444. The molecule has 2 aliphatic rings. The molecule has 4 unspecified atom stereocenters. The third-order valence-corrected chi connectivity index (χ3v) is 7.03. The van der Waals surface area contributed by atoms with Gasteiger partial charge in [0.1, 0.15) is 12.1 Å². The Balaban J connectivity index is 1.54. The second kappa shape index (κ2) is 10.8. The lowest BCUT2D eigenvalue weighted by atomic mass is 9.98. The van der Waals surface area contributed by atoms with Crippen LogP contribution in [-0.2, 0) is 14.4 Å². The van der Waals surface area contributed by atoms with Gasteiger partial charge in [-0.3, -0.25) is 14.4 Å². The molecule has 180 valence electrons. The molecule has 0 aliphatic carbocycles. The summed E-state index contributed by atoms with van der Waals surface area (Å²) >= 11 is 0. The summed E-state index contributed by atoms with van der Waals surface area (Å²) in [6, 6.07) is 17.6. The van der Waals surface area contributed by atoms with Gasteiger partial charge < -0.3 is 21.3 Å². The summed E-state index contributed by atoms with van der Waals surface area (Å²) in [5.74, 6) is -0.647. The van der Waals surface area contributed by atoms with Crippen LogP contribution in [0.1, 0.15) is 62.6 Å². The summed E-state index contributed by atoms with van der Waals surface area (Å²) in [5.41, 5.74) is 7.83. The monoisotopic (exact) mass is 462 g/mol. The van der Waals surface area contributed by atoms with Gasteiger partial charge in [-0.1, -0.05) is 67.6 Å². The van der Waals surface area contributed by atoms with Crippen LogP contribution in [0.5, 0.6) is 0 Å². The highest BCUT2D eigenvalue weighted by Crippen LogP contribution is 2.33. The van der Waals surface area contributed by atoms with Crippen molar-refractivity contribution in [2.75, 3.05) is 0 Å². The van der Waals surface area contributed by atoms with Gasteiger partial charge in [0, 0.05) is 6.04 Å². The van der Waals surface area contributed by atoms with Crippen LogP contribution in [0.4, 0.5) is 0 Å². The molecule has 0 saturated carbocycles. The highest BCUT2D eigenvalue weighted by molar-refractivity contribution is 5.94. The van der Waals surface area contributed by atoms with Crippen LogP contribution >= 0.6 is 0 Å². The first-order valence-corrected chi connectivity index (χ1v) is 12.3. The van der Waals surface area contributed by atoms with Gasteiger partial charge in [0.15, 0.2) is 0 Å². The zero-order valence-electron chi connectivity index (χ0n) is 19.7. The normalized spacial score (nSPS) is 23.2. The molecule has 0 spiro atoms. The lowest BCUT2D eigenvalue weighted by Gasteiger charge is -2.32. The summed E-state index contributed by atoms with van der Waals surface area (Å²) in [7, 11) is 0. The summed E-state index contributed by atoms with van der Waals surface area (Å²) in [6.45, 7) is 1.84. The first-order valence-electron chi connectivity index (χ1n) is 12.3. The Morgan fingerprint density at radius 1 is 0.971 bits per heavy atom. The van der Waals surface area contributed by atoms with E-state index >= 15 is 0 Å². The van der Waals surface area contributed by atoms with E-state index < -0.39 is 18.1 Å². The lowest BCUT2D eigenvalue weighted by Crippen LogP contribution is -2.56. The number of nitrogens with two attached hydrogens (primary N) is 1. The zero-order chi connectivity index (χ0) is 24.1. The maximum atomic E-state index is 13.6. The van der Waals surface area contributed by atoms with Crippen molar-refractivity contribution in [3.63, 3.8) is 0 Å². The molecular formula is C27H34N4O3. The number of carbonyl (C=O) groups is 3. The predicted octanol–water partition coefficient (Wildman–Crippen LogP) is 2.66. The Morgan fingerprint density at radius 2 is 1.59 bits per heavy atom. The SMILES string of the molecule is CCC(N)C(=O)NC1CCCC2CCC(C(=O)NC(c3ccccc3)c3ccccc3)N2C1=O. The summed E-state index contributed by atoms with van der Waals surface area (Å²) in [5, 5.41) is 6.05. The van der Waals surface area contributed by atoms with Crippen LogP contribution in [0.15, 0.2) is 60.7 Å². The fourth-order valence-corrected chi connectivity index (χ4v) is 5.10. The van der Waals surface area contributed by atoms with Gasteiger partial charge in [-0.15, -0.1) is 0 Å². The molecule has 34 heavy (non-hydrogen) atoms. The first kappa shape index (κ1) is 24.0. The van der Waals surface area contributed by atoms with Crippen molar-refractivity contribution in [2.45, 2.75) is 75.7 Å². The molecule has 7 heteroatoms. The average Bonchev–Trinajstić information content (AvgIpc) is 3.24. The van der Waals surface area contributed by atoms with Crippen LogP contribution < -0.4 is 16.4 Å². The van der Waals surface area contributed by atoms with E-state index in [2.05, 4.69) is 10.6 Å². The molecule has 2 aliphatic heterocycles. The minimum Gasteiger partial charge on any atom is -0.343 e. The molecule has 7 nitrogen and oxygen atoms in total. The molecule has 2 saturated heterocycles. The van der Waals surface area contributed by atoms with Gasteiger partial charge in [-0.25, -0.2) is 0 Å². The van der Waals surface area contributed by atoms with Gasteiger partial charge >= 0.3 is 0 Å². The van der Waals surface area contributed by atoms with Crippen LogP contribution in [0.3, 0.4) is 0 Å². The van der Waals surface area contributed by atoms with Crippen LogP contribution in [0.25, 0.3) is 0 Å². The molecule has 0 radical (unpaired) electrons. The van der Waals surface area contributed by atoms with Crippen molar-refractivity contribution in [3.8, 4) is 0 Å². The fourth-order valence-electron chi connectivity index (χ4n) is 5.10. The topological polar surface area (TPSA) is 105 Å². The zero-order valence-corrected chi connectivity index (χ0v) is 19.7. The standard InChI is InChI=1S/C27H34N4O3/c1-2-21(28)25(32)29-22-15-9-14-20-16-17-23(31(20)27(22)34)26(33)30-24(18-10-5-3-6-11-18)19-12-7-4-8-13-19/h3-8,10-13,20-24H,2,9,14-17,28H2,1H3,(H,29,32)(H,30,33). The second-order valence-electron chi connectivity index (χ2n) is 9.26. The third kappa shape index (κ3) is 5.14. The molecule has 0 aromatic heterocycles. The molecule has 2 heterocycles. The maximum Gasteiger partial charge on any atom is 0.246 e.